The van der Waals surface area contributed by atoms with Gasteiger partial charge in [-0.05, 0) is 37.3 Å². The van der Waals surface area contributed by atoms with Crippen LogP contribution in [0.4, 0.5) is 11.4 Å². The number of non-ortho nitro benzene ring substituents is 1. The highest BCUT2D eigenvalue weighted by Gasteiger charge is 2.17. The SMILES string of the molecule is Cc1ccc(C=Cc2ccc([N+](=O)[O-])cc2[N+](=O)[O-])o1. The van der Waals surface area contributed by atoms with E-state index in [2.05, 4.69) is 0 Å². The van der Waals surface area contributed by atoms with E-state index in [-0.39, 0.29) is 16.9 Å². The number of hydrogen-bond acceptors (Lipinski definition) is 5. The Hall–Kier alpha value is -2.96. The summed E-state index contributed by atoms with van der Waals surface area (Å²) in [5.41, 5.74) is -0.365. The normalized spacial score (nSPS) is 10.8. The van der Waals surface area contributed by atoms with Crippen molar-refractivity contribution in [2.24, 2.45) is 0 Å². The maximum absolute atomic E-state index is 10.9. The highest BCUT2D eigenvalue weighted by atomic mass is 16.6. The number of furan rings is 1. The number of nitrogens with zero attached hydrogens (tertiary/aromatic N) is 2. The summed E-state index contributed by atoms with van der Waals surface area (Å²) in [6.45, 7) is 1.78. The number of rotatable bonds is 4. The van der Waals surface area contributed by atoms with Gasteiger partial charge in [0.1, 0.15) is 11.5 Å². The van der Waals surface area contributed by atoms with Crippen molar-refractivity contribution < 1.29 is 14.3 Å². The van der Waals surface area contributed by atoms with E-state index in [1.807, 2.05) is 0 Å². The van der Waals surface area contributed by atoms with Crippen LogP contribution in [0.15, 0.2) is 34.7 Å². The Kier molecular flexibility index (Phi) is 3.60. The van der Waals surface area contributed by atoms with E-state index < -0.39 is 9.85 Å². The smallest absolute Gasteiger partial charge is 0.283 e. The van der Waals surface area contributed by atoms with Gasteiger partial charge in [0.05, 0.1) is 21.5 Å². The average Bonchev–Trinajstić information content (AvgIpc) is 2.81. The number of benzene rings is 1. The standard InChI is InChI=1S/C13H10N2O5/c1-9-2-6-12(20-9)7-4-10-3-5-11(14(16)17)8-13(10)15(18)19/h2-8H,1H3. The number of nitro benzene ring substituents is 2. The van der Waals surface area contributed by atoms with Crippen LogP contribution in [0, 0.1) is 27.2 Å². The zero-order valence-electron chi connectivity index (χ0n) is 10.5. The fourth-order valence-corrected chi connectivity index (χ4v) is 1.66. The Balaban J connectivity index is 2.38. The maximum Gasteiger partial charge on any atom is 0.283 e. The van der Waals surface area contributed by atoms with Gasteiger partial charge in [0, 0.05) is 6.07 Å². The van der Waals surface area contributed by atoms with Crippen molar-refractivity contribution in [2.45, 2.75) is 6.92 Å². The molecule has 0 radical (unpaired) electrons. The quantitative estimate of drug-likeness (QED) is 0.626. The van der Waals surface area contributed by atoms with Gasteiger partial charge in [-0.3, -0.25) is 20.2 Å². The molecule has 0 atom stereocenters. The van der Waals surface area contributed by atoms with Gasteiger partial charge in [0.15, 0.2) is 0 Å². The molecule has 0 aliphatic carbocycles. The summed E-state index contributed by atoms with van der Waals surface area (Å²) in [6.07, 6.45) is 3.06. The van der Waals surface area contributed by atoms with E-state index in [4.69, 9.17) is 4.42 Å². The fourth-order valence-electron chi connectivity index (χ4n) is 1.66. The zero-order chi connectivity index (χ0) is 14.7. The van der Waals surface area contributed by atoms with Crippen LogP contribution >= 0.6 is 0 Å². The zero-order valence-corrected chi connectivity index (χ0v) is 10.5. The molecule has 1 aromatic carbocycles. The van der Waals surface area contributed by atoms with Crippen LogP contribution < -0.4 is 0 Å². The summed E-state index contributed by atoms with van der Waals surface area (Å²) >= 11 is 0. The van der Waals surface area contributed by atoms with Crippen LogP contribution in [0.1, 0.15) is 17.1 Å². The van der Waals surface area contributed by atoms with Crippen molar-refractivity contribution in [1.82, 2.24) is 0 Å². The molecule has 0 amide bonds. The van der Waals surface area contributed by atoms with Crippen LogP contribution in [0.3, 0.4) is 0 Å². The second-order valence-corrected chi connectivity index (χ2v) is 4.04. The minimum absolute atomic E-state index is 0.273. The summed E-state index contributed by atoms with van der Waals surface area (Å²) in [4.78, 5) is 20.2. The van der Waals surface area contributed by atoms with Gasteiger partial charge in [-0.25, -0.2) is 0 Å². The fraction of sp³-hybridized carbons (Fsp3) is 0.0769. The van der Waals surface area contributed by atoms with Crippen LogP contribution in [0.25, 0.3) is 12.2 Å². The molecular weight excluding hydrogens is 264 g/mol. The summed E-state index contributed by atoms with van der Waals surface area (Å²) in [7, 11) is 0. The minimum atomic E-state index is -0.670. The van der Waals surface area contributed by atoms with Crippen molar-refractivity contribution in [3.8, 4) is 0 Å². The molecule has 0 fully saturated rings. The van der Waals surface area contributed by atoms with Crippen LogP contribution in [0.5, 0.6) is 0 Å². The average molecular weight is 274 g/mol. The van der Waals surface area contributed by atoms with Crippen molar-refractivity contribution >= 4 is 23.5 Å². The summed E-state index contributed by atoms with van der Waals surface area (Å²) in [6, 6.07) is 6.99. The second-order valence-electron chi connectivity index (χ2n) is 4.04. The van der Waals surface area contributed by atoms with Crippen LogP contribution in [-0.2, 0) is 0 Å². The van der Waals surface area contributed by atoms with Gasteiger partial charge in [0.25, 0.3) is 11.4 Å². The first-order valence-corrected chi connectivity index (χ1v) is 5.65. The molecule has 20 heavy (non-hydrogen) atoms. The van der Waals surface area contributed by atoms with Gasteiger partial charge >= 0.3 is 0 Å². The van der Waals surface area contributed by atoms with E-state index in [0.717, 1.165) is 11.8 Å². The molecule has 0 aliphatic heterocycles. The number of hydrogen-bond donors (Lipinski definition) is 0. The second kappa shape index (κ2) is 5.35. The lowest BCUT2D eigenvalue weighted by atomic mass is 10.1. The van der Waals surface area contributed by atoms with Crippen LogP contribution in [-0.4, -0.2) is 9.85 Å². The molecule has 0 bridgehead atoms. The highest BCUT2D eigenvalue weighted by molar-refractivity contribution is 5.73. The Morgan fingerprint density at radius 3 is 2.35 bits per heavy atom. The molecule has 0 saturated carbocycles. The Bertz CT molecular complexity index is 703. The van der Waals surface area contributed by atoms with Crippen LogP contribution in [0.2, 0.25) is 0 Å². The molecule has 2 rings (SSSR count). The van der Waals surface area contributed by atoms with Crippen molar-refractivity contribution in [1.29, 1.82) is 0 Å². The third-order valence-corrected chi connectivity index (χ3v) is 2.61. The van der Waals surface area contributed by atoms with Gasteiger partial charge in [-0.1, -0.05) is 0 Å². The molecular formula is C13H10N2O5. The molecule has 7 heteroatoms. The van der Waals surface area contributed by atoms with Gasteiger partial charge in [0.2, 0.25) is 0 Å². The molecule has 0 saturated heterocycles. The Morgan fingerprint density at radius 1 is 1.05 bits per heavy atom. The molecule has 1 heterocycles. The third kappa shape index (κ3) is 2.89. The lowest BCUT2D eigenvalue weighted by Gasteiger charge is -1.97. The van der Waals surface area contributed by atoms with Crippen molar-refractivity contribution in [3.05, 3.63) is 67.6 Å². The topological polar surface area (TPSA) is 99.4 Å². The predicted molar refractivity (Wildman–Crippen MR) is 72.1 cm³/mol. The molecule has 0 aliphatic rings. The van der Waals surface area contributed by atoms with Gasteiger partial charge in [-0.2, -0.15) is 0 Å². The van der Waals surface area contributed by atoms with Gasteiger partial charge < -0.3 is 4.42 Å². The first-order valence-electron chi connectivity index (χ1n) is 5.65. The van der Waals surface area contributed by atoms with E-state index >= 15 is 0 Å². The maximum atomic E-state index is 10.9. The minimum Gasteiger partial charge on any atom is -0.462 e. The lowest BCUT2D eigenvalue weighted by molar-refractivity contribution is -0.394. The molecule has 1 aromatic heterocycles. The van der Waals surface area contributed by atoms with Gasteiger partial charge in [-0.15, -0.1) is 0 Å². The molecule has 7 nitrogen and oxygen atoms in total. The van der Waals surface area contributed by atoms with E-state index in [9.17, 15) is 20.2 Å². The van der Waals surface area contributed by atoms with E-state index in [0.29, 0.717) is 5.76 Å². The van der Waals surface area contributed by atoms with E-state index in [1.54, 1.807) is 25.1 Å². The predicted octanol–water partition coefficient (Wildman–Crippen LogP) is 3.57. The lowest BCUT2D eigenvalue weighted by Crippen LogP contribution is -1.94. The Morgan fingerprint density at radius 2 is 1.80 bits per heavy atom. The summed E-state index contributed by atoms with van der Waals surface area (Å²) in [5, 5.41) is 21.6. The molecule has 102 valence electrons. The highest BCUT2D eigenvalue weighted by Crippen LogP contribution is 2.26. The number of nitro groups is 2. The molecule has 0 N–H and O–H groups in total. The first kappa shape index (κ1) is 13.5. The monoisotopic (exact) mass is 274 g/mol. The van der Waals surface area contributed by atoms with Crippen molar-refractivity contribution in [2.75, 3.05) is 0 Å². The molecule has 2 aromatic rings. The molecule has 0 spiro atoms. The summed E-state index contributed by atoms with van der Waals surface area (Å²) in [5.74, 6) is 1.28. The largest absolute Gasteiger partial charge is 0.462 e. The summed E-state index contributed by atoms with van der Waals surface area (Å²) < 4.78 is 5.30. The Labute approximate surface area is 113 Å². The molecule has 0 unspecified atom stereocenters. The number of aryl methyl sites for hydroxylation is 1. The first-order chi connectivity index (χ1) is 9.47. The third-order valence-electron chi connectivity index (χ3n) is 2.61. The van der Waals surface area contributed by atoms with E-state index in [1.165, 1.54) is 18.2 Å². The van der Waals surface area contributed by atoms with Crippen molar-refractivity contribution in [3.63, 3.8) is 0 Å².